The van der Waals surface area contributed by atoms with Crippen LogP contribution in [0.3, 0.4) is 0 Å². The summed E-state index contributed by atoms with van der Waals surface area (Å²) in [5.74, 6) is 0.201. The highest BCUT2D eigenvalue weighted by Gasteiger charge is 2.22. The lowest BCUT2D eigenvalue weighted by Crippen LogP contribution is -2.35. The van der Waals surface area contributed by atoms with E-state index in [4.69, 9.17) is 14.2 Å². The topological polar surface area (TPSA) is 90.9 Å². The molecule has 0 saturated heterocycles. The van der Waals surface area contributed by atoms with Gasteiger partial charge in [-0.25, -0.2) is 13.1 Å². The Balaban J connectivity index is 1.61. The third kappa shape index (κ3) is 4.85. The lowest BCUT2D eigenvalue weighted by Gasteiger charge is -2.21. The number of nitrogens with one attached hydrogen (secondary N) is 1. The molecule has 0 atom stereocenters. The highest BCUT2D eigenvalue weighted by atomic mass is 32.2. The minimum atomic E-state index is -3.97. The Morgan fingerprint density at radius 3 is 2.56 bits per heavy atom. The van der Waals surface area contributed by atoms with Gasteiger partial charge in [-0.15, -0.1) is 0 Å². The van der Waals surface area contributed by atoms with E-state index in [9.17, 15) is 13.2 Å². The van der Waals surface area contributed by atoms with E-state index >= 15 is 0 Å². The summed E-state index contributed by atoms with van der Waals surface area (Å²) < 4.78 is 43.3. The number of fused-ring (bicyclic) bond motifs is 1. The van der Waals surface area contributed by atoms with Crippen molar-refractivity contribution in [3.63, 3.8) is 0 Å². The number of hydrogen-bond acceptors (Lipinski definition) is 6. The zero-order valence-corrected chi connectivity index (χ0v) is 14.8. The van der Waals surface area contributed by atoms with Gasteiger partial charge in [-0.2, -0.15) is 0 Å². The largest absolute Gasteiger partial charge is 0.490 e. The highest BCUT2D eigenvalue weighted by molar-refractivity contribution is 7.90. The van der Waals surface area contributed by atoms with Crippen LogP contribution in [0.4, 0.5) is 0 Å². The SMILES string of the molecule is O=C(COC1CCCCC1)NS(=O)(=O)c1ccc2c(c1)OCCCO2. The van der Waals surface area contributed by atoms with Crippen molar-refractivity contribution in [1.82, 2.24) is 4.72 Å². The van der Waals surface area contributed by atoms with Gasteiger partial charge in [0.2, 0.25) is 0 Å². The minimum absolute atomic E-state index is 0.0391. The standard InChI is InChI=1S/C17H23NO6S/c19-17(12-24-13-5-2-1-3-6-13)18-25(20,21)14-7-8-15-16(11-14)23-10-4-9-22-15/h7-8,11,13H,1-6,9-10,12H2,(H,18,19). The summed E-state index contributed by atoms with van der Waals surface area (Å²) in [4.78, 5) is 11.9. The molecule has 2 aliphatic rings. The molecule has 25 heavy (non-hydrogen) atoms. The second kappa shape index (κ2) is 8.05. The smallest absolute Gasteiger partial charge is 0.264 e. The molecule has 1 aromatic rings. The molecular formula is C17H23NO6S. The minimum Gasteiger partial charge on any atom is -0.490 e. The van der Waals surface area contributed by atoms with E-state index in [0.717, 1.165) is 32.1 Å². The molecule has 0 radical (unpaired) electrons. The molecule has 8 heteroatoms. The molecule has 0 spiro atoms. The van der Waals surface area contributed by atoms with Crippen molar-refractivity contribution >= 4 is 15.9 Å². The Morgan fingerprint density at radius 2 is 1.80 bits per heavy atom. The van der Waals surface area contributed by atoms with Gasteiger partial charge in [0, 0.05) is 12.5 Å². The Labute approximate surface area is 147 Å². The zero-order chi connectivity index (χ0) is 17.7. The van der Waals surface area contributed by atoms with Crippen molar-refractivity contribution in [2.75, 3.05) is 19.8 Å². The predicted molar refractivity (Wildman–Crippen MR) is 90.2 cm³/mol. The first kappa shape index (κ1) is 18.0. The van der Waals surface area contributed by atoms with Crippen LogP contribution < -0.4 is 14.2 Å². The molecule has 1 aliphatic carbocycles. The fourth-order valence-electron chi connectivity index (χ4n) is 2.97. The maximum absolute atomic E-state index is 12.4. The first-order valence-corrected chi connectivity index (χ1v) is 10.1. The van der Waals surface area contributed by atoms with Gasteiger partial charge in [-0.3, -0.25) is 4.79 Å². The third-order valence-corrected chi connectivity index (χ3v) is 5.65. The van der Waals surface area contributed by atoms with E-state index in [2.05, 4.69) is 0 Å². The summed E-state index contributed by atoms with van der Waals surface area (Å²) in [5, 5.41) is 0. The van der Waals surface area contributed by atoms with Gasteiger partial charge >= 0.3 is 0 Å². The van der Waals surface area contributed by atoms with E-state index in [-0.39, 0.29) is 17.6 Å². The van der Waals surface area contributed by atoms with Crippen molar-refractivity contribution in [2.24, 2.45) is 0 Å². The number of rotatable bonds is 5. The summed E-state index contributed by atoms with van der Waals surface area (Å²) in [7, 11) is -3.97. The van der Waals surface area contributed by atoms with Gasteiger partial charge in [-0.1, -0.05) is 19.3 Å². The zero-order valence-electron chi connectivity index (χ0n) is 14.0. The van der Waals surface area contributed by atoms with Crippen molar-refractivity contribution in [2.45, 2.75) is 49.5 Å². The monoisotopic (exact) mass is 369 g/mol. The number of amides is 1. The van der Waals surface area contributed by atoms with Crippen molar-refractivity contribution in [3.05, 3.63) is 18.2 Å². The van der Waals surface area contributed by atoms with Gasteiger partial charge in [0.05, 0.1) is 24.2 Å². The summed E-state index contributed by atoms with van der Waals surface area (Å²) in [6.45, 7) is 0.723. The van der Waals surface area contributed by atoms with Crippen LogP contribution in [0.1, 0.15) is 38.5 Å². The molecule has 3 rings (SSSR count). The van der Waals surface area contributed by atoms with E-state index in [0.29, 0.717) is 24.7 Å². The molecule has 1 amide bonds. The van der Waals surface area contributed by atoms with E-state index in [1.807, 2.05) is 4.72 Å². The molecule has 1 saturated carbocycles. The molecule has 0 unspecified atom stereocenters. The number of hydrogen-bond donors (Lipinski definition) is 1. The molecule has 0 aromatic heterocycles. The Hall–Kier alpha value is -1.80. The Kier molecular flexibility index (Phi) is 5.80. The number of carbonyl (C=O) groups excluding carboxylic acids is 1. The summed E-state index contributed by atoms with van der Waals surface area (Å²) >= 11 is 0. The van der Waals surface area contributed by atoms with Crippen molar-refractivity contribution in [3.8, 4) is 11.5 Å². The average molecular weight is 369 g/mol. The first-order valence-electron chi connectivity index (χ1n) is 8.61. The number of ether oxygens (including phenoxy) is 3. The average Bonchev–Trinajstić information content (AvgIpc) is 2.85. The Bertz CT molecular complexity index is 712. The molecule has 1 heterocycles. The fraction of sp³-hybridized carbons (Fsp3) is 0.588. The second-order valence-electron chi connectivity index (χ2n) is 6.26. The van der Waals surface area contributed by atoms with Crippen LogP contribution in [0.2, 0.25) is 0 Å². The molecule has 1 aromatic carbocycles. The van der Waals surface area contributed by atoms with Crippen LogP contribution in [0.5, 0.6) is 11.5 Å². The van der Waals surface area contributed by atoms with E-state index in [1.54, 1.807) is 0 Å². The number of benzene rings is 1. The predicted octanol–water partition coefficient (Wildman–Crippen LogP) is 2.00. The van der Waals surface area contributed by atoms with Crippen LogP contribution in [-0.4, -0.2) is 40.2 Å². The van der Waals surface area contributed by atoms with Gasteiger partial charge in [0.1, 0.15) is 6.61 Å². The lowest BCUT2D eigenvalue weighted by molar-refractivity contribution is -0.126. The third-order valence-electron chi connectivity index (χ3n) is 4.28. The maximum atomic E-state index is 12.4. The molecule has 1 fully saturated rings. The van der Waals surface area contributed by atoms with Gasteiger partial charge in [0.15, 0.2) is 11.5 Å². The molecule has 0 bridgehead atoms. The quantitative estimate of drug-likeness (QED) is 0.854. The van der Waals surface area contributed by atoms with Crippen molar-refractivity contribution < 1.29 is 27.4 Å². The summed E-state index contributed by atoms with van der Waals surface area (Å²) in [6.07, 6.45) is 5.96. The normalized spacial score (nSPS) is 18.4. The molecular weight excluding hydrogens is 346 g/mol. The second-order valence-corrected chi connectivity index (χ2v) is 7.94. The van der Waals surface area contributed by atoms with Crippen LogP contribution in [0, 0.1) is 0 Å². The van der Waals surface area contributed by atoms with Crippen LogP contribution >= 0.6 is 0 Å². The first-order chi connectivity index (χ1) is 12.0. The number of sulfonamides is 1. The van der Waals surface area contributed by atoms with Crippen LogP contribution in [0.25, 0.3) is 0 Å². The van der Waals surface area contributed by atoms with E-state index in [1.165, 1.54) is 24.6 Å². The van der Waals surface area contributed by atoms with Crippen molar-refractivity contribution in [1.29, 1.82) is 0 Å². The van der Waals surface area contributed by atoms with Gasteiger partial charge < -0.3 is 14.2 Å². The molecule has 7 nitrogen and oxygen atoms in total. The summed E-state index contributed by atoms with van der Waals surface area (Å²) in [5.41, 5.74) is 0. The molecule has 138 valence electrons. The number of carbonyl (C=O) groups is 1. The Morgan fingerprint density at radius 1 is 1.08 bits per heavy atom. The summed E-state index contributed by atoms with van der Waals surface area (Å²) in [6, 6.07) is 4.31. The van der Waals surface area contributed by atoms with E-state index < -0.39 is 15.9 Å². The van der Waals surface area contributed by atoms with Gasteiger partial charge in [0.25, 0.3) is 15.9 Å². The maximum Gasteiger partial charge on any atom is 0.264 e. The van der Waals surface area contributed by atoms with Crippen LogP contribution in [0.15, 0.2) is 23.1 Å². The molecule has 1 N–H and O–H groups in total. The lowest BCUT2D eigenvalue weighted by atomic mass is 9.98. The molecule has 1 aliphatic heterocycles. The van der Waals surface area contributed by atoms with Crippen LogP contribution in [-0.2, 0) is 19.6 Å². The fourth-order valence-corrected chi connectivity index (χ4v) is 3.96. The van der Waals surface area contributed by atoms with Gasteiger partial charge in [-0.05, 0) is 25.0 Å². The highest BCUT2D eigenvalue weighted by Crippen LogP contribution is 2.31.